The van der Waals surface area contributed by atoms with Crippen molar-refractivity contribution < 1.29 is 23.4 Å². The van der Waals surface area contributed by atoms with Crippen LogP contribution in [0.15, 0.2) is 47.5 Å². The Kier molecular flexibility index (Phi) is 4.98. The van der Waals surface area contributed by atoms with Crippen LogP contribution in [-0.2, 0) is 17.8 Å². The fourth-order valence-electron chi connectivity index (χ4n) is 3.19. The number of hydrogen-bond acceptors (Lipinski definition) is 4. The molecule has 0 unspecified atom stereocenters. The molecule has 29 heavy (non-hydrogen) atoms. The predicted octanol–water partition coefficient (Wildman–Crippen LogP) is 2.23. The molecule has 0 spiro atoms. The number of halogens is 2. The summed E-state index contributed by atoms with van der Waals surface area (Å²) in [6, 6.07) is 6.62. The normalized spacial score (nSPS) is 14.0. The summed E-state index contributed by atoms with van der Waals surface area (Å²) in [7, 11) is 0. The third-order valence-corrected chi connectivity index (χ3v) is 4.80. The standard InChI is InChI=1S/C20H17F2N3O4/c21-15-3-4-18(26)24(8-15)7-13-2-1-12(5-17(13)22)6-25-9-16(20(27)28)19(23-25)14-10-29-11-14/h1-5,8-9,14H,6-7,10-11H2,(H,27,28). The Hall–Kier alpha value is -3.33. The zero-order valence-electron chi connectivity index (χ0n) is 15.2. The zero-order chi connectivity index (χ0) is 20.5. The minimum atomic E-state index is -1.07. The first kappa shape index (κ1) is 19.0. The van der Waals surface area contributed by atoms with Crippen LogP contribution in [-0.4, -0.2) is 38.6 Å². The first-order chi connectivity index (χ1) is 13.9. The van der Waals surface area contributed by atoms with Crippen LogP contribution in [0.1, 0.15) is 33.1 Å². The maximum atomic E-state index is 14.5. The van der Waals surface area contributed by atoms with Crippen molar-refractivity contribution in [1.29, 1.82) is 0 Å². The molecule has 4 rings (SSSR count). The van der Waals surface area contributed by atoms with Gasteiger partial charge < -0.3 is 14.4 Å². The molecule has 0 radical (unpaired) electrons. The van der Waals surface area contributed by atoms with Gasteiger partial charge >= 0.3 is 5.97 Å². The van der Waals surface area contributed by atoms with Crippen LogP contribution in [0.2, 0.25) is 0 Å². The molecule has 1 N–H and O–H groups in total. The van der Waals surface area contributed by atoms with Crippen LogP contribution in [0.5, 0.6) is 0 Å². The van der Waals surface area contributed by atoms with E-state index in [9.17, 15) is 23.5 Å². The van der Waals surface area contributed by atoms with Gasteiger partial charge in [-0.05, 0) is 17.7 Å². The molecule has 1 aliphatic heterocycles. The van der Waals surface area contributed by atoms with Crippen LogP contribution in [0, 0.1) is 11.6 Å². The number of pyridine rings is 1. The lowest BCUT2D eigenvalue weighted by Crippen LogP contribution is -2.27. The molecule has 3 aromatic rings. The summed E-state index contributed by atoms with van der Waals surface area (Å²) in [6.07, 6.45) is 2.45. The largest absolute Gasteiger partial charge is 0.478 e. The van der Waals surface area contributed by atoms with Crippen molar-refractivity contribution in [1.82, 2.24) is 14.3 Å². The molecule has 1 fully saturated rings. The van der Waals surface area contributed by atoms with E-state index in [4.69, 9.17) is 4.74 Å². The lowest BCUT2D eigenvalue weighted by atomic mass is 10.0. The van der Waals surface area contributed by atoms with E-state index >= 15 is 0 Å². The Balaban J connectivity index is 1.55. The molecule has 1 aliphatic rings. The SMILES string of the molecule is O=C(O)c1cn(Cc2ccc(Cn3cc(F)ccc3=O)c(F)c2)nc1C1COC1. The Labute approximate surface area is 163 Å². The van der Waals surface area contributed by atoms with Gasteiger partial charge in [0.15, 0.2) is 0 Å². The van der Waals surface area contributed by atoms with Crippen LogP contribution >= 0.6 is 0 Å². The van der Waals surface area contributed by atoms with Crippen molar-refractivity contribution in [3.63, 3.8) is 0 Å². The van der Waals surface area contributed by atoms with E-state index in [0.29, 0.717) is 24.5 Å². The maximum Gasteiger partial charge on any atom is 0.339 e. The summed E-state index contributed by atoms with van der Waals surface area (Å²) in [6.45, 7) is 0.949. The van der Waals surface area contributed by atoms with E-state index in [0.717, 1.165) is 22.9 Å². The van der Waals surface area contributed by atoms with Gasteiger partial charge in [0.1, 0.15) is 17.2 Å². The summed E-state index contributed by atoms with van der Waals surface area (Å²) < 4.78 is 35.5. The highest BCUT2D eigenvalue weighted by atomic mass is 19.1. The molecule has 0 saturated carbocycles. The third-order valence-electron chi connectivity index (χ3n) is 4.80. The van der Waals surface area contributed by atoms with E-state index < -0.39 is 23.2 Å². The topological polar surface area (TPSA) is 86.3 Å². The number of carboxylic acids is 1. The molecule has 2 aromatic heterocycles. The van der Waals surface area contributed by atoms with Crippen molar-refractivity contribution in [2.75, 3.05) is 13.2 Å². The van der Waals surface area contributed by atoms with Gasteiger partial charge in [-0.25, -0.2) is 13.6 Å². The fourth-order valence-corrected chi connectivity index (χ4v) is 3.19. The number of rotatable bonds is 6. The minimum Gasteiger partial charge on any atom is -0.478 e. The van der Waals surface area contributed by atoms with Gasteiger partial charge in [-0.15, -0.1) is 0 Å². The molecule has 0 atom stereocenters. The third kappa shape index (κ3) is 3.95. The van der Waals surface area contributed by atoms with Gasteiger partial charge in [0.25, 0.3) is 5.56 Å². The number of benzene rings is 1. The van der Waals surface area contributed by atoms with E-state index in [1.54, 1.807) is 6.07 Å². The quantitative estimate of drug-likeness (QED) is 0.685. The smallest absolute Gasteiger partial charge is 0.339 e. The lowest BCUT2D eigenvalue weighted by Gasteiger charge is -2.24. The average molecular weight is 401 g/mol. The number of ether oxygens (including phenoxy) is 1. The lowest BCUT2D eigenvalue weighted by molar-refractivity contribution is 0.00597. The molecule has 0 amide bonds. The van der Waals surface area contributed by atoms with Gasteiger partial charge in [-0.1, -0.05) is 12.1 Å². The summed E-state index contributed by atoms with van der Waals surface area (Å²) in [5.41, 5.74) is 0.960. The molecule has 7 nitrogen and oxygen atoms in total. The maximum absolute atomic E-state index is 14.5. The van der Waals surface area contributed by atoms with Crippen molar-refractivity contribution in [2.45, 2.75) is 19.0 Å². The number of nitrogens with zero attached hydrogens (tertiary/aromatic N) is 3. The van der Waals surface area contributed by atoms with Crippen molar-refractivity contribution >= 4 is 5.97 Å². The summed E-state index contributed by atoms with van der Waals surface area (Å²) in [5.74, 6) is -2.25. The highest BCUT2D eigenvalue weighted by molar-refractivity contribution is 5.88. The fraction of sp³-hybridized carbons (Fsp3) is 0.250. The second-order valence-electron chi connectivity index (χ2n) is 6.90. The summed E-state index contributed by atoms with van der Waals surface area (Å²) >= 11 is 0. The van der Waals surface area contributed by atoms with E-state index in [1.165, 1.54) is 23.0 Å². The number of carboxylic acid groups (broad SMARTS) is 1. The molecule has 0 bridgehead atoms. The first-order valence-electron chi connectivity index (χ1n) is 8.92. The van der Waals surface area contributed by atoms with Crippen molar-refractivity contribution in [3.8, 4) is 0 Å². The van der Waals surface area contributed by atoms with Gasteiger partial charge in [-0.3, -0.25) is 9.48 Å². The summed E-state index contributed by atoms with van der Waals surface area (Å²) in [5, 5.41) is 13.7. The van der Waals surface area contributed by atoms with Crippen LogP contribution in [0.4, 0.5) is 8.78 Å². The number of aromatic nitrogens is 3. The highest BCUT2D eigenvalue weighted by Gasteiger charge is 2.29. The van der Waals surface area contributed by atoms with Gasteiger partial charge in [0.2, 0.25) is 0 Å². The van der Waals surface area contributed by atoms with Gasteiger partial charge in [0, 0.05) is 24.0 Å². The molecule has 9 heteroatoms. The Morgan fingerprint density at radius 1 is 1.17 bits per heavy atom. The first-order valence-corrected chi connectivity index (χ1v) is 8.92. The molecule has 3 heterocycles. The van der Waals surface area contributed by atoms with Gasteiger partial charge in [0.05, 0.1) is 37.9 Å². The van der Waals surface area contributed by atoms with Crippen molar-refractivity contribution in [3.05, 3.63) is 87.1 Å². The van der Waals surface area contributed by atoms with Gasteiger partial charge in [-0.2, -0.15) is 5.10 Å². The molecule has 1 saturated heterocycles. The molecular weight excluding hydrogens is 384 g/mol. The Morgan fingerprint density at radius 3 is 2.62 bits per heavy atom. The molecule has 1 aromatic carbocycles. The second kappa shape index (κ2) is 7.59. The van der Waals surface area contributed by atoms with E-state index in [2.05, 4.69) is 5.10 Å². The predicted molar refractivity (Wildman–Crippen MR) is 98.0 cm³/mol. The Bertz CT molecular complexity index is 1130. The highest BCUT2D eigenvalue weighted by Crippen LogP contribution is 2.26. The second-order valence-corrected chi connectivity index (χ2v) is 6.90. The number of carbonyl (C=O) groups is 1. The molecular formula is C20H17F2N3O4. The van der Waals surface area contributed by atoms with Crippen LogP contribution in [0.3, 0.4) is 0 Å². The zero-order valence-corrected chi connectivity index (χ0v) is 15.2. The Morgan fingerprint density at radius 2 is 1.97 bits per heavy atom. The van der Waals surface area contributed by atoms with E-state index in [-0.39, 0.29) is 30.1 Å². The minimum absolute atomic E-state index is 0.0500. The van der Waals surface area contributed by atoms with E-state index in [1.807, 2.05) is 0 Å². The molecule has 150 valence electrons. The van der Waals surface area contributed by atoms with Crippen LogP contribution in [0.25, 0.3) is 0 Å². The number of hydrogen-bond donors (Lipinski definition) is 1. The van der Waals surface area contributed by atoms with Crippen molar-refractivity contribution in [2.24, 2.45) is 0 Å². The monoisotopic (exact) mass is 401 g/mol. The molecule has 0 aliphatic carbocycles. The number of aromatic carboxylic acids is 1. The van der Waals surface area contributed by atoms with Crippen LogP contribution < -0.4 is 5.56 Å². The summed E-state index contributed by atoms with van der Waals surface area (Å²) in [4.78, 5) is 23.2. The average Bonchev–Trinajstić information content (AvgIpc) is 3.02.